The van der Waals surface area contributed by atoms with Crippen LogP contribution in [0.3, 0.4) is 0 Å². The predicted molar refractivity (Wildman–Crippen MR) is 37.0 cm³/mol. The molecule has 0 heterocycles. The van der Waals surface area contributed by atoms with Crippen LogP contribution >= 0.6 is 0 Å². The van der Waals surface area contributed by atoms with Gasteiger partial charge in [-0.05, 0) is 12.8 Å². The van der Waals surface area contributed by atoms with E-state index >= 15 is 0 Å². The second kappa shape index (κ2) is 3.60. The van der Waals surface area contributed by atoms with E-state index in [0.717, 1.165) is 0 Å². The first kappa shape index (κ1) is 7.62. The van der Waals surface area contributed by atoms with Crippen LogP contribution in [0.15, 0.2) is 29.4 Å². The van der Waals surface area contributed by atoms with Gasteiger partial charge in [-0.1, -0.05) is 12.7 Å². The summed E-state index contributed by atoms with van der Waals surface area (Å²) < 4.78 is 0. The van der Waals surface area contributed by atoms with Gasteiger partial charge in [0.25, 0.3) is 5.91 Å². The Morgan fingerprint density at radius 1 is 1.67 bits per heavy atom. The zero-order valence-electron chi connectivity index (χ0n) is 5.00. The molecule has 0 spiro atoms. The molecule has 0 aromatic rings. The van der Waals surface area contributed by atoms with Gasteiger partial charge < -0.3 is 5.73 Å². The molecule has 0 aromatic carbocycles. The minimum absolute atomic E-state index is 0.130. The fourth-order valence-electron chi connectivity index (χ4n) is 0.324. The molecule has 48 valence electrons. The summed E-state index contributed by atoms with van der Waals surface area (Å²) in [7, 11) is 0. The Kier molecular flexibility index (Phi) is 3.05. The maximum absolute atomic E-state index is 10.3. The summed E-state index contributed by atoms with van der Waals surface area (Å²) in [5, 5.41) is 0. The van der Waals surface area contributed by atoms with Gasteiger partial charge in [0.1, 0.15) is 5.70 Å². The van der Waals surface area contributed by atoms with Gasteiger partial charge in [0.05, 0.1) is 0 Å². The average molecular weight is 124 g/mol. The lowest BCUT2D eigenvalue weighted by molar-refractivity contribution is -0.114. The van der Waals surface area contributed by atoms with E-state index in [4.69, 9.17) is 5.73 Å². The second-order valence-corrected chi connectivity index (χ2v) is 1.31. The number of nitrogens with two attached hydrogens (primary N) is 1. The van der Waals surface area contributed by atoms with Gasteiger partial charge in [-0.25, -0.2) is 0 Å². The van der Waals surface area contributed by atoms with Crippen LogP contribution in [-0.4, -0.2) is 12.6 Å². The minimum Gasteiger partial charge on any atom is -0.364 e. The van der Waals surface area contributed by atoms with Gasteiger partial charge in [0, 0.05) is 0 Å². The topological polar surface area (TPSA) is 55.4 Å². The van der Waals surface area contributed by atoms with Crippen LogP contribution in [0.5, 0.6) is 0 Å². The molecule has 0 aliphatic carbocycles. The van der Waals surface area contributed by atoms with Crippen LogP contribution in [-0.2, 0) is 4.79 Å². The normalized spacial score (nSPS) is 10.4. The fourth-order valence-corrected chi connectivity index (χ4v) is 0.324. The smallest absolute Gasteiger partial charge is 0.267 e. The van der Waals surface area contributed by atoms with Crippen molar-refractivity contribution in [3.63, 3.8) is 0 Å². The van der Waals surface area contributed by atoms with Crippen molar-refractivity contribution < 1.29 is 4.79 Å². The first-order chi connectivity index (χ1) is 4.22. The van der Waals surface area contributed by atoms with Crippen LogP contribution in [0.1, 0.15) is 0 Å². The molecule has 0 fully saturated rings. The highest BCUT2D eigenvalue weighted by Gasteiger charge is 1.96. The highest BCUT2D eigenvalue weighted by atomic mass is 16.1. The number of nitrogens with zero attached hydrogens (tertiary/aromatic N) is 1. The largest absolute Gasteiger partial charge is 0.364 e. The van der Waals surface area contributed by atoms with E-state index in [1.54, 1.807) is 0 Å². The molecule has 0 saturated carbocycles. The Hall–Kier alpha value is -1.38. The van der Waals surface area contributed by atoms with E-state index in [-0.39, 0.29) is 5.70 Å². The molecule has 0 rings (SSSR count). The Labute approximate surface area is 53.6 Å². The molecule has 0 bridgehead atoms. The average Bonchev–Trinajstić information content (AvgIpc) is 1.82. The maximum atomic E-state index is 10.3. The van der Waals surface area contributed by atoms with E-state index < -0.39 is 5.91 Å². The van der Waals surface area contributed by atoms with Crippen molar-refractivity contribution in [2.24, 2.45) is 10.7 Å². The summed E-state index contributed by atoms with van der Waals surface area (Å²) >= 11 is 0. The van der Waals surface area contributed by atoms with E-state index in [1.165, 1.54) is 12.2 Å². The van der Waals surface area contributed by atoms with Gasteiger partial charge in [-0.3, -0.25) is 9.79 Å². The van der Waals surface area contributed by atoms with Gasteiger partial charge in [-0.15, -0.1) is 0 Å². The van der Waals surface area contributed by atoms with Crippen molar-refractivity contribution in [2.75, 3.05) is 0 Å². The van der Waals surface area contributed by atoms with Crippen molar-refractivity contribution in [2.45, 2.75) is 0 Å². The minimum atomic E-state index is -0.593. The third kappa shape index (κ3) is 2.43. The predicted octanol–water partition coefficient (Wildman–Crippen LogP) is 0.242. The van der Waals surface area contributed by atoms with Crippen LogP contribution in [0, 0.1) is 0 Å². The van der Waals surface area contributed by atoms with Gasteiger partial charge in [0.15, 0.2) is 0 Å². The van der Waals surface area contributed by atoms with Gasteiger partial charge in [-0.2, -0.15) is 0 Å². The van der Waals surface area contributed by atoms with E-state index in [1.807, 2.05) is 0 Å². The Bertz CT molecular complexity index is 170. The first-order valence-electron chi connectivity index (χ1n) is 2.31. The number of hydrogen-bond acceptors (Lipinski definition) is 2. The summed E-state index contributed by atoms with van der Waals surface area (Å²) in [6.45, 7) is 6.49. The van der Waals surface area contributed by atoms with Crippen LogP contribution < -0.4 is 5.73 Å². The molecule has 0 radical (unpaired) electrons. The van der Waals surface area contributed by atoms with Crippen LogP contribution in [0.2, 0.25) is 0 Å². The van der Waals surface area contributed by atoms with Crippen molar-refractivity contribution in [1.82, 2.24) is 0 Å². The van der Waals surface area contributed by atoms with Gasteiger partial charge >= 0.3 is 0 Å². The molecule has 2 N–H and O–H groups in total. The van der Waals surface area contributed by atoms with Crippen molar-refractivity contribution in [3.8, 4) is 0 Å². The third-order valence-electron chi connectivity index (χ3n) is 0.699. The molecule has 0 aromatic heterocycles. The summed E-state index contributed by atoms with van der Waals surface area (Å²) in [4.78, 5) is 13.6. The maximum Gasteiger partial charge on any atom is 0.267 e. The standard InChI is InChI=1S/C6H8N2O/c1-3-4-5(8-2)6(7)9/h3-4H,1-2H2,(H2,7,9). The highest BCUT2D eigenvalue weighted by Crippen LogP contribution is 1.91. The fraction of sp³-hybridized carbons (Fsp3) is 0. The van der Waals surface area contributed by atoms with Crippen LogP contribution in [0.25, 0.3) is 0 Å². The summed E-state index contributed by atoms with van der Waals surface area (Å²) in [6, 6.07) is 0. The number of carbonyl (C=O) groups is 1. The zero-order valence-corrected chi connectivity index (χ0v) is 5.00. The number of hydrogen-bond donors (Lipinski definition) is 1. The zero-order chi connectivity index (χ0) is 7.28. The molecular formula is C6H8N2O. The number of amides is 1. The molecule has 3 nitrogen and oxygen atoms in total. The van der Waals surface area contributed by atoms with E-state index in [0.29, 0.717) is 0 Å². The molecule has 0 unspecified atom stereocenters. The number of rotatable bonds is 3. The number of carbonyl (C=O) groups excluding carboxylic acids is 1. The Morgan fingerprint density at radius 3 is 2.33 bits per heavy atom. The summed E-state index contributed by atoms with van der Waals surface area (Å²) in [6.07, 6.45) is 2.82. The third-order valence-corrected chi connectivity index (χ3v) is 0.699. The molecule has 1 amide bonds. The van der Waals surface area contributed by atoms with Crippen molar-refractivity contribution in [1.29, 1.82) is 0 Å². The highest BCUT2D eigenvalue weighted by molar-refractivity contribution is 5.92. The first-order valence-corrected chi connectivity index (χ1v) is 2.31. The Balaban J connectivity index is 4.32. The van der Waals surface area contributed by atoms with E-state index in [9.17, 15) is 4.79 Å². The van der Waals surface area contributed by atoms with Crippen molar-refractivity contribution in [3.05, 3.63) is 24.4 Å². The van der Waals surface area contributed by atoms with E-state index in [2.05, 4.69) is 18.3 Å². The Morgan fingerprint density at radius 2 is 2.22 bits per heavy atom. The summed E-state index contributed by atoms with van der Waals surface area (Å²) in [5.74, 6) is -0.593. The molecular weight excluding hydrogens is 116 g/mol. The molecule has 0 atom stereocenters. The SMILES string of the molecule is C=CC=C(N=C)C(N)=O. The number of primary amides is 1. The molecule has 3 heteroatoms. The number of aliphatic imine (C=N–C) groups is 1. The van der Waals surface area contributed by atoms with Gasteiger partial charge in [0.2, 0.25) is 0 Å². The molecule has 9 heavy (non-hydrogen) atoms. The molecule has 0 aliphatic heterocycles. The molecule has 0 saturated heterocycles. The lowest BCUT2D eigenvalue weighted by Crippen LogP contribution is -2.11. The second-order valence-electron chi connectivity index (χ2n) is 1.31. The monoisotopic (exact) mass is 124 g/mol. The quantitative estimate of drug-likeness (QED) is 0.327. The lowest BCUT2D eigenvalue weighted by atomic mass is 10.4. The lowest BCUT2D eigenvalue weighted by Gasteiger charge is -1.88. The number of allylic oxidation sites excluding steroid dienone is 2. The molecule has 0 aliphatic rings. The summed E-state index contributed by atoms with van der Waals surface area (Å²) in [5.41, 5.74) is 4.97. The van der Waals surface area contributed by atoms with Crippen molar-refractivity contribution >= 4 is 12.6 Å². The van der Waals surface area contributed by atoms with Crippen LogP contribution in [0.4, 0.5) is 0 Å².